The first-order chi connectivity index (χ1) is 12.6. The molecule has 2 heterocycles. The van der Waals surface area contributed by atoms with Gasteiger partial charge in [-0.2, -0.15) is 0 Å². The molecule has 7 heteroatoms. The van der Waals surface area contributed by atoms with Gasteiger partial charge in [0.2, 0.25) is 5.91 Å². The fraction of sp³-hybridized carbons (Fsp3) is 0.368. The van der Waals surface area contributed by atoms with Crippen LogP contribution in [-0.4, -0.2) is 54.5 Å². The maximum atomic E-state index is 12.8. The summed E-state index contributed by atoms with van der Waals surface area (Å²) >= 11 is 1.64. The summed E-state index contributed by atoms with van der Waals surface area (Å²) in [5, 5.41) is 5.20. The number of rotatable bonds is 6. The standard InChI is InChI=1S/C19H24N4O2S/c20-17(24)8-9-22-10-12-23(13-11-22)19(25)21-18(16-7-4-14-26-16)15-5-2-1-3-6-15/h1-7,14,18H,8-13H2,(H2,20,24)(H,21,25). The number of amides is 3. The van der Waals surface area contributed by atoms with Crippen LogP contribution in [0, 0.1) is 0 Å². The van der Waals surface area contributed by atoms with E-state index in [4.69, 9.17) is 5.73 Å². The van der Waals surface area contributed by atoms with E-state index < -0.39 is 0 Å². The van der Waals surface area contributed by atoms with Crippen LogP contribution < -0.4 is 11.1 Å². The van der Waals surface area contributed by atoms with E-state index in [2.05, 4.69) is 10.2 Å². The number of piperazine rings is 1. The summed E-state index contributed by atoms with van der Waals surface area (Å²) in [6.07, 6.45) is 0.362. The number of thiophene rings is 1. The number of nitrogens with two attached hydrogens (primary N) is 1. The SMILES string of the molecule is NC(=O)CCN1CCN(C(=O)NC(c2ccccc2)c2cccs2)CC1. The van der Waals surface area contributed by atoms with Gasteiger partial charge < -0.3 is 16.0 Å². The number of benzene rings is 1. The van der Waals surface area contributed by atoms with E-state index in [1.54, 1.807) is 11.3 Å². The van der Waals surface area contributed by atoms with Gasteiger partial charge in [-0.3, -0.25) is 9.69 Å². The van der Waals surface area contributed by atoms with Crippen molar-refractivity contribution in [3.05, 3.63) is 58.3 Å². The molecular weight excluding hydrogens is 348 g/mol. The summed E-state index contributed by atoms with van der Waals surface area (Å²) in [4.78, 5) is 28.8. The average molecular weight is 372 g/mol. The van der Waals surface area contributed by atoms with Crippen molar-refractivity contribution in [2.45, 2.75) is 12.5 Å². The second-order valence-electron chi connectivity index (χ2n) is 6.35. The molecule has 26 heavy (non-hydrogen) atoms. The maximum absolute atomic E-state index is 12.8. The van der Waals surface area contributed by atoms with Gasteiger partial charge in [0, 0.05) is 44.0 Å². The van der Waals surface area contributed by atoms with Crippen molar-refractivity contribution in [2.75, 3.05) is 32.7 Å². The Labute approximate surface area is 157 Å². The lowest BCUT2D eigenvalue weighted by Crippen LogP contribution is -2.52. The predicted octanol–water partition coefficient (Wildman–Crippen LogP) is 2.04. The molecule has 1 aromatic carbocycles. The Kier molecular flexibility index (Phi) is 6.25. The van der Waals surface area contributed by atoms with Gasteiger partial charge in [-0.05, 0) is 17.0 Å². The van der Waals surface area contributed by atoms with Crippen molar-refractivity contribution < 1.29 is 9.59 Å². The lowest BCUT2D eigenvalue weighted by atomic mass is 10.1. The Hall–Kier alpha value is -2.38. The number of nitrogens with one attached hydrogen (secondary N) is 1. The van der Waals surface area contributed by atoms with E-state index in [0.717, 1.165) is 23.5 Å². The first-order valence-corrected chi connectivity index (χ1v) is 9.66. The molecule has 1 aromatic heterocycles. The third kappa shape index (κ3) is 4.83. The first-order valence-electron chi connectivity index (χ1n) is 8.78. The predicted molar refractivity (Wildman–Crippen MR) is 103 cm³/mol. The summed E-state index contributed by atoms with van der Waals surface area (Å²) in [6.45, 7) is 3.48. The molecule has 0 spiro atoms. The number of carbonyl (C=O) groups excluding carboxylic acids is 2. The molecule has 0 bridgehead atoms. The Balaban J connectivity index is 1.60. The summed E-state index contributed by atoms with van der Waals surface area (Å²) in [5.41, 5.74) is 6.28. The topological polar surface area (TPSA) is 78.7 Å². The van der Waals surface area contributed by atoms with Crippen LogP contribution in [0.2, 0.25) is 0 Å². The van der Waals surface area contributed by atoms with Crippen LogP contribution in [0.15, 0.2) is 47.8 Å². The highest BCUT2D eigenvalue weighted by atomic mass is 32.1. The van der Waals surface area contributed by atoms with E-state index in [1.807, 2.05) is 52.7 Å². The molecule has 1 saturated heterocycles. The molecule has 2 aromatic rings. The molecular formula is C19H24N4O2S. The highest BCUT2D eigenvalue weighted by Crippen LogP contribution is 2.26. The number of nitrogens with zero attached hydrogens (tertiary/aromatic N) is 2. The van der Waals surface area contributed by atoms with Crippen molar-refractivity contribution >= 4 is 23.3 Å². The number of primary amides is 1. The second kappa shape index (κ2) is 8.82. The largest absolute Gasteiger partial charge is 0.370 e. The van der Waals surface area contributed by atoms with Gasteiger partial charge in [0.25, 0.3) is 0 Å². The molecule has 1 atom stereocenters. The minimum Gasteiger partial charge on any atom is -0.370 e. The van der Waals surface area contributed by atoms with E-state index in [1.165, 1.54) is 0 Å². The van der Waals surface area contributed by atoms with Crippen LogP contribution in [0.5, 0.6) is 0 Å². The van der Waals surface area contributed by atoms with Gasteiger partial charge in [-0.1, -0.05) is 36.4 Å². The summed E-state index contributed by atoms with van der Waals surface area (Å²) in [6, 6.07) is 13.9. The lowest BCUT2D eigenvalue weighted by molar-refractivity contribution is -0.118. The van der Waals surface area contributed by atoms with Gasteiger partial charge in [-0.15, -0.1) is 11.3 Å². The Morgan fingerprint density at radius 1 is 1.08 bits per heavy atom. The summed E-state index contributed by atoms with van der Waals surface area (Å²) in [7, 11) is 0. The van der Waals surface area contributed by atoms with Crippen LogP contribution in [0.25, 0.3) is 0 Å². The van der Waals surface area contributed by atoms with E-state index >= 15 is 0 Å². The van der Waals surface area contributed by atoms with E-state index in [9.17, 15) is 9.59 Å². The average Bonchev–Trinajstić information content (AvgIpc) is 3.20. The van der Waals surface area contributed by atoms with Gasteiger partial charge in [0.05, 0.1) is 6.04 Å². The van der Waals surface area contributed by atoms with E-state index in [0.29, 0.717) is 26.1 Å². The zero-order valence-corrected chi connectivity index (χ0v) is 15.5. The Morgan fingerprint density at radius 2 is 1.81 bits per heavy atom. The van der Waals surface area contributed by atoms with Crippen molar-refractivity contribution in [3.8, 4) is 0 Å². The highest BCUT2D eigenvalue weighted by Gasteiger charge is 2.24. The van der Waals surface area contributed by atoms with Gasteiger partial charge >= 0.3 is 6.03 Å². The minimum atomic E-state index is -0.285. The number of carbonyl (C=O) groups is 2. The third-order valence-electron chi connectivity index (χ3n) is 4.56. The number of hydrogen-bond donors (Lipinski definition) is 2. The fourth-order valence-electron chi connectivity index (χ4n) is 3.08. The van der Waals surface area contributed by atoms with Crippen molar-refractivity contribution in [3.63, 3.8) is 0 Å². The molecule has 1 unspecified atom stereocenters. The zero-order chi connectivity index (χ0) is 18.4. The van der Waals surface area contributed by atoms with Crippen LogP contribution in [-0.2, 0) is 4.79 Å². The van der Waals surface area contributed by atoms with Crippen LogP contribution in [0.3, 0.4) is 0 Å². The quantitative estimate of drug-likeness (QED) is 0.814. The molecule has 0 saturated carbocycles. The zero-order valence-electron chi connectivity index (χ0n) is 14.6. The smallest absolute Gasteiger partial charge is 0.318 e. The summed E-state index contributed by atoms with van der Waals surface area (Å²) in [5.74, 6) is -0.285. The minimum absolute atomic E-state index is 0.0539. The normalized spacial score (nSPS) is 16.2. The molecule has 138 valence electrons. The van der Waals surface area contributed by atoms with Crippen LogP contribution >= 0.6 is 11.3 Å². The first kappa shape index (κ1) is 18.4. The molecule has 3 rings (SSSR count). The molecule has 1 fully saturated rings. The molecule has 0 aliphatic carbocycles. The molecule has 3 amide bonds. The second-order valence-corrected chi connectivity index (χ2v) is 7.33. The molecule has 0 radical (unpaired) electrons. The lowest BCUT2D eigenvalue weighted by Gasteiger charge is -2.35. The molecule has 3 N–H and O–H groups in total. The Morgan fingerprint density at radius 3 is 2.42 bits per heavy atom. The molecule has 6 nitrogen and oxygen atoms in total. The molecule has 1 aliphatic rings. The fourth-order valence-corrected chi connectivity index (χ4v) is 3.88. The molecule has 1 aliphatic heterocycles. The van der Waals surface area contributed by atoms with E-state index in [-0.39, 0.29) is 18.0 Å². The van der Waals surface area contributed by atoms with Crippen molar-refractivity contribution in [2.24, 2.45) is 5.73 Å². The third-order valence-corrected chi connectivity index (χ3v) is 5.50. The van der Waals surface area contributed by atoms with Crippen molar-refractivity contribution in [1.82, 2.24) is 15.1 Å². The van der Waals surface area contributed by atoms with Gasteiger partial charge in [-0.25, -0.2) is 4.79 Å². The maximum Gasteiger partial charge on any atom is 0.318 e. The highest BCUT2D eigenvalue weighted by molar-refractivity contribution is 7.10. The Bertz CT molecular complexity index is 712. The monoisotopic (exact) mass is 372 g/mol. The number of urea groups is 1. The van der Waals surface area contributed by atoms with Crippen LogP contribution in [0.1, 0.15) is 22.9 Å². The van der Waals surface area contributed by atoms with Crippen LogP contribution in [0.4, 0.5) is 4.79 Å². The number of hydrogen-bond acceptors (Lipinski definition) is 4. The van der Waals surface area contributed by atoms with Crippen molar-refractivity contribution in [1.29, 1.82) is 0 Å². The van der Waals surface area contributed by atoms with Gasteiger partial charge in [0.1, 0.15) is 0 Å². The summed E-state index contributed by atoms with van der Waals surface area (Å²) < 4.78 is 0. The van der Waals surface area contributed by atoms with Gasteiger partial charge in [0.15, 0.2) is 0 Å².